The smallest absolute Gasteiger partial charge is 0.316 e. The first-order valence-electron chi connectivity index (χ1n) is 6.25. The molecule has 0 aliphatic rings. The number of hydrogen-bond acceptors (Lipinski definition) is 9. The van der Waals surface area contributed by atoms with E-state index in [1.165, 1.54) is 26.4 Å². The lowest BCUT2D eigenvalue weighted by Crippen LogP contribution is -2.13. The number of aromatic nitrogens is 2. The molecule has 1 heterocycles. The van der Waals surface area contributed by atoms with Crippen molar-refractivity contribution in [3.8, 4) is 5.75 Å². The normalized spacial score (nSPS) is 11.1. The Labute approximate surface area is 145 Å². The minimum absolute atomic E-state index is 0.00130. The molecule has 130 valence electrons. The van der Waals surface area contributed by atoms with Gasteiger partial charge in [0.2, 0.25) is 5.13 Å². The van der Waals surface area contributed by atoms with Crippen LogP contribution in [-0.2, 0) is 19.6 Å². The molecular weight excluding hydrogens is 381 g/mol. The van der Waals surface area contributed by atoms with Crippen molar-refractivity contribution < 1.29 is 27.1 Å². The van der Waals surface area contributed by atoms with Gasteiger partial charge in [0.15, 0.2) is 15.9 Å². The van der Waals surface area contributed by atoms with Crippen molar-refractivity contribution in [1.82, 2.24) is 10.2 Å². The van der Waals surface area contributed by atoms with E-state index in [1.807, 2.05) is 0 Å². The summed E-state index contributed by atoms with van der Waals surface area (Å²) in [6.45, 7) is 0. The summed E-state index contributed by atoms with van der Waals surface area (Å²) in [6.07, 6.45) is 0. The molecule has 24 heavy (non-hydrogen) atoms. The summed E-state index contributed by atoms with van der Waals surface area (Å²) in [7, 11) is -1.48. The molecule has 1 aromatic carbocycles. The highest BCUT2D eigenvalue weighted by Crippen LogP contribution is 2.28. The molecule has 0 saturated carbocycles. The largest absolute Gasteiger partial charge is 0.494 e. The molecule has 0 bridgehead atoms. The molecule has 0 saturated heterocycles. The highest BCUT2D eigenvalue weighted by atomic mass is 32.2. The Morgan fingerprint density at radius 1 is 1.38 bits per heavy atom. The van der Waals surface area contributed by atoms with Gasteiger partial charge in [0, 0.05) is 0 Å². The maximum Gasteiger partial charge on any atom is 0.316 e. The van der Waals surface area contributed by atoms with Crippen LogP contribution in [0, 0.1) is 5.82 Å². The molecule has 0 aliphatic heterocycles. The van der Waals surface area contributed by atoms with Crippen molar-refractivity contribution in [2.75, 3.05) is 24.7 Å². The van der Waals surface area contributed by atoms with E-state index in [2.05, 4.69) is 19.7 Å². The zero-order chi connectivity index (χ0) is 17.7. The monoisotopic (exact) mass is 393 g/mol. The van der Waals surface area contributed by atoms with Gasteiger partial charge in [-0.25, -0.2) is 12.8 Å². The van der Waals surface area contributed by atoms with E-state index in [1.54, 1.807) is 0 Å². The Morgan fingerprint density at radius 3 is 2.75 bits per heavy atom. The van der Waals surface area contributed by atoms with Crippen LogP contribution in [0.4, 0.5) is 9.52 Å². The van der Waals surface area contributed by atoms with E-state index in [0.29, 0.717) is 4.34 Å². The maximum atomic E-state index is 13.6. The third kappa shape index (κ3) is 4.55. The number of benzene rings is 1. The van der Waals surface area contributed by atoms with E-state index in [-0.39, 0.29) is 21.5 Å². The molecular formula is C12H12FN3O5S3. The molecule has 2 rings (SSSR count). The van der Waals surface area contributed by atoms with Gasteiger partial charge in [-0.2, -0.15) is 0 Å². The molecule has 0 aliphatic carbocycles. The summed E-state index contributed by atoms with van der Waals surface area (Å²) in [5.41, 5.74) is 0. The van der Waals surface area contributed by atoms with Crippen LogP contribution in [0.5, 0.6) is 5.75 Å². The predicted octanol–water partition coefficient (Wildman–Crippen LogP) is 1.75. The zero-order valence-corrected chi connectivity index (χ0v) is 14.9. The van der Waals surface area contributed by atoms with Crippen LogP contribution < -0.4 is 9.46 Å². The second-order valence-corrected chi connectivity index (χ2v) is 8.02. The number of halogens is 1. The minimum Gasteiger partial charge on any atom is -0.494 e. The van der Waals surface area contributed by atoms with Crippen LogP contribution in [0.2, 0.25) is 0 Å². The van der Waals surface area contributed by atoms with E-state index < -0.39 is 21.8 Å². The number of anilines is 1. The maximum absolute atomic E-state index is 13.6. The zero-order valence-electron chi connectivity index (χ0n) is 12.5. The molecule has 12 heteroatoms. The van der Waals surface area contributed by atoms with Crippen LogP contribution in [0.25, 0.3) is 0 Å². The van der Waals surface area contributed by atoms with Gasteiger partial charge in [-0.3, -0.25) is 9.52 Å². The molecule has 1 aromatic heterocycles. The molecule has 1 N–H and O–H groups in total. The lowest BCUT2D eigenvalue weighted by atomic mass is 10.3. The first kappa shape index (κ1) is 18.4. The topological polar surface area (TPSA) is 107 Å². The molecule has 2 aromatic rings. The summed E-state index contributed by atoms with van der Waals surface area (Å²) in [5, 5.41) is 7.42. The molecule has 0 unspecified atom stereocenters. The Bertz CT molecular complexity index is 840. The molecule has 0 amide bonds. The average Bonchev–Trinajstić information content (AvgIpc) is 2.99. The summed E-state index contributed by atoms with van der Waals surface area (Å²) >= 11 is 2.01. The number of esters is 1. The second-order valence-electron chi connectivity index (χ2n) is 4.14. The second kappa shape index (κ2) is 7.77. The fraction of sp³-hybridized carbons (Fsp3) is 0.250. The molecule has 0 atom stereocenters. The number of ether oxygens (including phenoxy) is 2. The number of carbonyl (C=O) groups is 1. The van der Waals surface area contributed by atoms with E-state index in [4.69, 9.17) is 4.74 Å². The first-order chi connectivity index (χ1) is 11.4. The molecule has 0 fully saturated rings. The van der Waals surface area contributed by atoms with Crippen molar-refractivity contribution in [1.29, 1.82) is 0 Å². The minimum atomic E-state index is -4.02. The number of nitrogens with one attached hydrogen (secondary N) is 1. The highest BCUT2D eigenvalue weighted by molar-refractivity contribution is 8.01. The summed E-state index contributed by atoms with van der Waals surface area (Å²) in [5.74, 6) is -1.27. The van der Waals surface area contributed by atoms with Crippen molar-refractivity contribution in [3.05, 3.63) is 24.0 Å². The van der Waals surface area contributed by atoms with Gasteiger partial charge in [0.05, 0.1) is 24.9 Å². The number of hydrogen-bond donors (Lipinski definition) is 1. The number of carbonyl (C=O) groups excluding carboxylic acids is 1. The van der Waals surface area contributed by atoms with Crippen molar-refractivity contribution >= 4 is 44.2 Å². The van der Waals surface area contributed by atoms with Crippen LogP contribution in [0.15, 0.2) is 27.4 Å². The SMILES string of the molecule is COC(=O)CSc1nnc(NS(=O)(=O)c2ccc(OC)c(F)c2)s1. The summed E-state index contributed by atoms with van der Waals surface area (Å²) in [4.78, 5) is 10.8. The van der Waals surface area contributed by atoms with Gasteiger partial charge in [-0.1, -0.05) is 23.1 Å². The Balaban J connectivity index is 2.11. The predicted molar refractivity (Wildman–Crippen MR) is 86.4 cm³/mol. The third-order valence-corrected chi connectivity index (χ3v) is 6.01. The van der Waals surface area contributed by atoms with Gasteiger partial charge < -0.3 is 9.47 Å². The van der Waals surface area contributed by atoms with Gasteiger partial charge in [-0.05, 0) is 18.2 Å². The Morgan fingerprint density at radius 2 is 2.12 bits per heavy atom. The van der Waals surface area contributed by atoms with Gasteiger partial charge >= 0.3 is 5.97 Å². The van der Waals surface area contributed by atoms with Crippen molar-refractivity contribution in [2.24, 2.45) is 0 Å². The first-order valence-corrected chi connectivity index (χ1v) is 9.53. The number of thioether (sulfide) groups is 1. The lowest BCUT2D eigenvalue weighted by Gasteiger charge is -2.06. The van der Waals surface area contributed by atoms with Gasteiger partial charge in [0.1, 0.15) is 0 Å². The number of nitrogens with zero attached hydrogens (tertiary/aromatic N) is 2. The number of sulfonamides is 1. The van der Waals surface area contributed by atoms with Crippen LogP contribution in [0.1, 0.15) is 0 Å². The summed E-state index contributed by atoms with van der Waals surface area (Å²) < 4.78 is 49.9. The van der Waals surface area contributed by atoms with E-state index >= 15 is 0 Å². The van der Waals surface area contributed by atoms with E-state index in [0.717, 1.165) is 29.2 Å². The average molecular weight is 393 g/mol. The fourth-order valence-corrected chi connectivity index (χ4v) is 4.30. The summed E-state index contributed by atoms with van der Waals surface area (Å²) in [6, 6.07) is 3.26. The van der Waals surface area contributed by atoms with Crippen LogP contribution >= 0.6 is 23.1 Å². The highest BCUT2D eigenvalue weighted by Gasteiger charge is 2.19. The van der Waals surface area contributed by atoms with Gasteiger partial charge in [0.25, 0.3) is 10.0 Å². The number of rotatable bonds is 7. The Hall–Kier alpha value is -1.92. The van der Waals surface area contributed by atoms with Crippen LogP contribution in [0.3, 0.4) is 0 Å². The van der Waals surface area contributed by atoms with Crippen LogP contribution in [-0.4, -0.2) is 44.6 Å². The van der Waals surface area contributed by atoms with Crippen molar-refractivity contribution in [2.45, 2.75) is 9.24 Å². The standard InChI is InChI=1S/C12H12FN3O5S3/c1-20-9-4-3-7(5-8(9)13)24(18,19)16-11-14-15-12(23-11)22-6-10(17)21-2/h3-5H,6H2,1-2H3,(H,14,16). The molecule has 0 radical (unpaired) electrons. The quantitative estimate of drug-likeness (QED) is 0.560. The van der Waals surface area contributed by atoms with E-state index in [9.17, 15) is 17.6 Å². The molecule has 8 nitrogen and oxygen atoms in total. The Kier molecular flexibility index (Phi) is 5.96. The van der Waals surface area contributed by atoms with Gasteiger partial charge in [-0.15, -0.1) is 10.2 Å². The fourth-order valence-electron chi connectivity index (χ4n) is 1.48. The molecule has 0 spiro atoms. The van der Waals surface area contributed by atoms with Crippen molar-refractivity contribution in [3.63, 3.8) is 0 Å². The third-order valence-electron chi connectivity index (χ3n) is 2.60. The lowest BCUT2D eigenvalue weighted by molar-refractivity contribution is -0.137. The number of methoxy groups -OCH3 is 2.